The minimum Gasteiger partial charge on any atom is -0.467 e. The Morgan fingerprint density at radius 1 is 1.37 bits per heavy atom. The van der Waals surface area contributed by atoms with Gasteiger partial charge in [-0.3, -0.25) is 4.79 Å². The van der Waals surface area contributed by atoms with Crippen LogP contribution in [0.25, 0.3) is 0 Å². The van der Waals surface area contributed by atoms with Crippen LogP contribution in [0.4, 0.5) is 0 Å². The molecule has 1 rings (SSSR count). The van der Waals surface area contributed by atoms with Crippen molar-refractivity contribution in [1.82, 2.24) is 4.90 Å². The molecule has 0 aliphatic carbocycles. The number of nitrogens with zero attached hydrogens (tertiary/aromatic N) is 1. The number of amides is 1. The van der Waals surface area contributed by atoms with E-state index in [1.807, 2.05) is 19.2 Å². The first-order valence-corrected chi connectivity index (χ1v) is 7.07. The molecule has 0 fully saturated rings. The largest absolute Gasteiger partial charge is 0.467 e. The van der Waals surface area contributed by atoms with Gasteiger partial charge in [0.1, 0.15) is 5.76 Å². The molecule has 4 nitrogen and oxygen atoms in total. The maximum atomic E-state index is 12.7. The highest BCUT2D eigenvalue weighted by atomic mass is 16.3. The molecular formula is C15H26N2O2. The van der Waals surface area contributed by atoms with Crippen molar-refractivity contribution in [1.29, 1.82) is 0 Å². The van der Waals surface area contributed by atoms with Crippen LogP contribution in [0.15, 0.2) is 22.8 Å². The number of carbonyl (C=O) groups excluding carboxylic acids is 1. The predicted molar refractivity (Wildman–Crippen MR) is 76.5 cm³/mol. The molecule has 0 saturated carbocycles. The molecule has 1 heterocycles. The smallest absolute Gasteiger partial charge is 0.230 e. The minimum absolute atomic E-state index is 0.134. The fourth-order valence-electron chi connectivity index (χ4n) is 2.70. The summed E-state index contributed by atoms with van der Waals surface area (Å²) in [6.07, 6.45) is 5.26. The number of nitrogens with two attached hydrogens (primary N) is 1. The van der Waals surface area contributed by atoms with Gasteiger partial charge in [-0.05, 0) is 25.0 Å². The Hall–Kier alpha value is -1.29. The van der Waals surface area contributed by atoms with Gasteiger partial charge in [0.15, 0.2) is 0 Å². The van der Waals surface area contributed by atoms with Crippen LogP contribution in [0.3, 0.4) is 0 Å². The number of rotatable bonds is 8. The van der Waals surface area contributed by atoms with E-state index in [1.54, 1.807) is 11.2 Å². The molecule has 0 aromatic carbocycles. The van der Waals surface area contributed by atoms with Crippen LogP contribution in [0.5, 0.6) is 0 Å². The van der Waals surface area contributed by atoms with Gasteiger partial charge in [-0.25, -0.2) is 0 Å². The summed E-state index contributed by atoms with van der Waals surface area (Å²) in [5, 5.41) is 0. The number of hydrogen-bond acceptors (Lipinski definition) is 3. The highest BCUT2D eigenvalue weighted by Crippen LogP contribution is 2.31. The Labute approximate surface area is 116 Å². The van der Waals surface area contributed by atoms with Crippen molar-refractivity contribution in [3.63, 3.8) is 0 Å². The molecule has 1 aromatic heterocycles. The molecule has 0 radical (unpaired) electrons. The SMILES string of the molecule is CCCC(CN)(CCC)C(=O)N(C)Cc1ccco1. The Morgan fingerprint density at radius 3 is 2.42 bits per heavy atom. The summed E-state index contributed by atoms with van der Waals surface area (Å²) in [5.41, 5.74) is 5.51. The van der Waals surface area contributed by atoms with Crippen molar-refractivity contribution >= 4 is 5.91 Å². The van der Waals surface area contributed by atoms with Gasteiger partial charge in [0.05, 0.1) is 18.2 Å². The third-order valence-corrected chi connectivity index (χ3v) is 3.62. The van der Waals surface area contributed by atoms with Crippen LogP contribution < -0.4 is 5.73 Å². The Bertz CT molecular complexity index is 368. The second kappa shape index (κ2) is 7.34. The normalized spacial score (nSPS) is 11.6. The third-order valence-electron chi connectivity index (χ3n) is 3.62. The van der Waals surface area contributed by atoms with Crippen molar-refractivity contribution in [2.45, 2.75) is 46.1 Å². The maximum absolute atomic E-state index is 12.7. The first kappa shape index (κ1) is 15.8. The average Bonchev–Trinajstić information content (AvgIpc) is 2.90. The summed E-state index contributed by atoms with van der Waals surface area (Å²) in [5.74, 6) is 0.935. The van der Waals surface area contributed by atoms with E-state index in [0.717, 1.165) is 31.4 Å². The zero-order chi connectivity index (χ0) is 14.3. The molecule has 0 unspecified atom stereocenters. The second-order valence-corrected chi connectivity index (χ2v) is 5.23. The van der Waals surface area contributed by atoms with Gasteiger partial charge in [-0.1, -0.05) is 26.7 Å². The average molecular weight is 266 g/mol. The van der Waals surface area contributed by atoms with Crippen LogP contribution in [0.1, 0.15) is 45.3 Å². The molecule has 4 heteroatoms. The van der Waals surface area contributed by atoms with Gasteiger partial charge >= 0.3 is 0 Å². The Morgan fingerprint density at radius 2 is 2.00 bits per heavy atom. The molecule has 2 N–H and O–H groups in total. The zero-order valence-corrected chi connectivity index (χ0v) is 12.3. The third kappa shape index (κ3) is 3.83. The molecule has 0 aliphatic heterocycles. The van der Waals surface area contributed by atoms with E-state index >= 15 is 0 Å². The lowest BCUT2D eigenvalue weighted by Crippen LogP contribution is -2.46. The van der Waals surface area contributed by atoms with Crippen LogP contribution >= 0.6 is 0 Å². The van der Waals surface area contributed by atoms with E-state index in [1.165, 1.54) is 0 Å². The molecule has 0 spiro atoms. The van der Waals surface area contributed by atoms with Crippen molar-refractivity contribution in [2.75, 3.05) is 13.6 Å². The van der Waals surface area contributed by atoms with Crippen LogP contribution in [-0.2, 0) is 11.3 Å². The van der Waals surface area contributed by atoms with Gasteiger partial charge in [-0.2, -0.15) is 0 Å². The molecule has 108 valence electrons. The van der Waals surface area contributed by atoms with Gasteiger partial charge in [0, 0.05) is 13.6 Å². The van der Waals surface area contributed by atoms with E-state index in [0.29, 0.717) is 13.1 Å². The van der Waals surface area contributed by atoms with E-state index in [9.17, 15) is 4.79 Å². The highest BCUT2D eigenvalue weighted by Gasteiger charge is 2.37. The summed E-state index contributed by atoms with van der Waals surface area (Å²) in [6.45, 7) is 5.11. The standard InChI is InChI=1S/C15H26N2O2/c1-4-8-15(12-16,9-5-2)14(18)17(3)11-13-7-6-10-19-13/h6-7,10H,4-5,8-9,11-12,16H2,1-3H3. The molecule has 0 aliphatic rings. The second-order valence-electron chi connectivity index (χ2n) is 5.23. The molecule has 0 atom stereocenters. The van der Waals surface area contributed by atoms with Crippen molar-refractivity contribution in [3.05, 3.63) is 24.2 Å². The first-order chi connectivity index (χ1) is 9.09. The van der Waals surface area contributed by atoms with Crippen molar-refractivity contribution < 1.29 is 9.21 Å². The molecule has 19 heavy (non-hydrogen) atoms. The van der Waals surface area contributed by atoms with Crippen molar-refractivity contribution in [3.8, 4) is 0 Å². The van der Waals surface area contributed by atoms with Gasteiger partial charge in [0.2, 0.25) is 5.91 Å². The fourth-order valence-corrected chi connectivity index (χ4v) is 2.70. The summed E-state index contributed by atoms with van der Waals surface area (Å²) < 4.78 is 5.30. The quantitative estimate of drug-likeness (QED) is 0.787. The van der Waals surface area contributed by atoms with Gasteiger partial charge < -0.3 is 15.1 Å². The number of furan rings is 1. The molecule has 0 saturated heterocycles. The van der Waals surface area contributed by atoms with Crippen LogP contribution in [0, 0.1) is 5.41 Å². The Balaban J connectivity index is 2.79. The Kier molecular flexibility index (Phi) is 6.09. The lowest BCUT2D eigenvalue weighted by atomic mass is 9.78. The monoisotopic (exact) mass is 266 g/mol. The summed E-state index contributed by atoms with van der Waals surface area (Å²) in [6, 6.07) is 3.72. The van der Waals surface area contributed by atoms with Crippen LogP contribution in [0.2, 0.25) is 0 Å². The van der Waals surface area contributed by atoms with Gasteiger partial charge in [0.25, 0.3) is 0 Å². The summed E-state index contributed by atoms with van der Waals surface area (Å²) in [7, 11) is 1.82. The maximum Gasteiger partial charge on any atom is 0.230 e. The van der Waals surface area contributed by atoms with Crippen LogP contribution in [-0.4, -0.2) is 24.4 Å². The van der Waals surface area contributed by atoms with Crippen molar-refractivity contribution in [2.24, 2.45) is 11.1 Å². The number of hydrogen-bond donors (Lipinski definition) is 1. The zero-order valence-electron chi connectivity index (χ0n) is 12.3. The molecular weight excluding hydrogens is 240 g/mol. The van der Waals surface area contributed by atoms with E-state index in [4.69, 9.17) is 10.2 Å². The lowest BCUT2D eigenvalue weighted by molar-refractivity contribution is -0.142. The molecule has 0 bridgehead atoms. The van der Waals surface area contributed by atoms with E-state index in [-0.39, 0.29) is 5.91 Å². The van der Waals surface area contributed by atoms with E-state index < -0.39 is 5.41 Å². The highest BCUT2D eigenvalue weighted by molar-refractivity contribution is 5.82. The minimum atomic E-state index is -0.412. The predicted octanol–water partition coefficient (Wildman–Crippen LogP) is 2.78. The summed E-state index contributed by atoms with van der Waals surface area (Å²) in [4.78, 5) is 14.4. The topological polar surface area (TPSA) is 59.5 Å². The molecule has 1 aromatic rings. The van der Waals surface area contributed by atoms with E-state index in [2.05, 4.69) is 13.8 Å². The number of carbonyl (C=O) groups is 1. The fraction of sp³-hybridized carbons (Fsp3) is 0.667. The lowest BCUT2D eigenvalue weighted by Gasteiger charge is -2.34. The first-order valence-electron chi connectivity index (χ1n) is 7.07. The van der Waals surface area contributed by atoms with Gasteiger partial charge in [-0.15, -0.1) is 0 Å². The summed E-state index contributed by atoms with van der Waals surface area (Å²) >= 11 is 0. The molecule has 1 amide bonds.